The number of hydrogen-bond donors (Lipinski definition) is 2. The maximum atomic E-state index is 13.1. The normalized spacial score (nSPS) is 23.7. The Bertz CT molecular complexity index is 602. The van der Waals surface area contributed by atoms with Gasteiger partial charge in [-0.2, -0.15) is 13.2 Å². The highest BCUT2D eigenvalue weighted by Crippen LogP contribution is 2.38. The number of rotatable bonds is 3. The summed E-state index contributed by atoms with van der Waals surface area (Å²) in [5.41, 5.74) is 1.30. The number of nitrogens with two attached hydrogens (primary N) is 1. The third kappa shape index (κ3) is 3.38. The fourth-order valence-electron chi connectivity index (χ4n) is 2.78. The number of benzene rings is 1. The van der Waals surface area contributed by atoms with Gasteiger partial charge in [0.05, 0.1) is 22.6 Å². The highest BCUT2D eigenvalue weighted by atomic mass is 32.2. The quantitative estimate of drug-likeness (QED) is 0.661. The molecule has 4 nitrogen and oxygen atoms in total. The second-order valence-electron chi connectivity index (χ2n) is 5.13. The summed E-state index contributed by atoms with van der Waals surface area (Å²) in [6.45, 7) is 0. The van der Waals surface area contributed by atoms with Crippen molar-refractivity contribution in [3.63, 3.8) is 0 Å². The van der Waals surface area contributed by atoms with Crippen LogP contribution in [0.4, 0.5) is 13.2 Å². The number of halogens is 3. The average molecular weight is 322 g/mol. The van der Waals surface area contributed by atoms with E-state index in [0.717, 1.165) is 6.07 Å². The molecule has 2 atom stereocenters. The van der Waals surface area contributed by atoms with Crippen LogP contribution in [0.25, 0.3) is 0 Å². The summed E-state index contributed by atoms with van der Waals surface area (Å²) in [7, 11) is -3.46. The van der Waals surface area contributed by atoms with Crippen molar-refractivity contribution in [1.29, 1.82) is 0 Å². The van der Waals surface area contributed by atoms with Crippen molar-refractivity contribution in [3.05, 3.63) is 35.4 Å². The van der Waals surface area contributed by atoms with Crippen LogP contribution in [0.1, 0.15) is 36.4 Å². The summed E-state index contributed by atoms with van der Waals surface area (Å²) in [5.74, 6) is 5.38. The van der Waals surface area contributed by atoms with E-state index in [1.54, 1.807) is 0 Å². The minimum absolute atomic E-state index is 0.00989. The van der Waals surface area contributed by atoms with E-state index in [9.17, 15) is 21.6 Å². The molecule has 0 saturated carbocycles. The molecule has 0 aliphatic carbocycles. The average Bonchev–Trinajstić information content (AvgIpc) is 2.40. The van der Waals surface area contributed by atoms with Crippen LogP contribution in [-0.4, -0.2) is 19.4 Å². The molecule has 0 bridgehead atoms. The highest BCUT2D eigenvalue weighted by molar-refractivity contribution is 7.92. The van der Waals surface area contributed by atoms with E-state index in [-0.39, 0.29) is 11.3 Å². The Morgan fingerprint density at radius 2 is 1.90 bits per heavy atom. The smallest absolute Gasteiger partial charge is 0.271 e. The summed E-state index contributed by atoms with van der Waals surface area (Å²) in [5, 5.41) is -0.931. The van der Waals surface area contributed by atoms with Gasteiger partial charge in [0.2, 0.25) is 0 Å². The first-order valence-corrected chi connectivity index (χ1v) is 8.33. The summed E-state index contributed by atoms with van der Waals surface area (Å²) in [4.78, 5) is 0. The molecule has 1 aliphatic rings. The van der Waals surface area contributed by atoms with Crippen LogP contribution in [0.3, 0.4) is 0 Å². The molecule has 0 spiro atoms. The van der Waals surface area contributed by atoms with Crippen LogP contribution in [0.5, 0.6) is 0 Å². The Morgan fingerprint density at radius 1 is 1.24 bits per heavy atom. The van der Waals surface area contributed by atoms with Gasteiger partial charge in [-0.05, 0) is 24.5 Å². The van der Waals surface area contributed by atoms with Crippen LogP contribution in [0, 0.1) is 0 Å². The highest BCUT2D eigenvalue weighted by Gasteiger charge is 2.41. The first-order valence-electron chi connectivity index (χ1n) is 6.61. The van der Waals surface area contributed by atoms with Gasteiger partial charge in [0, 0.05) is 0 Å². The summed E-state index contributed by atoms with van der Waals surface area (Å²) < 4.78 is 63.5. The first-order chi connectivity index (χ1) is 9.77. The van der Waals surface area contributed by atoms with E-state index in [2.05, 4.69) is 5.43 Å². The molecule has 1 saturated heterocycles. The van der Waals surface area contributed by atoms with Crippen molar-refractivity contribution >= 4 is 9.84 Å². The Morgan fingerprint density at radius 3 is 2.48 bits per heavy atom. The lowest BCUT2D eigenvalue weighted by molar-refractivity contribution is -0.138. The molecule has 3 N–H and O–H groups in total. The molecule has 1 heterocycles. The van der Waals surface area contributed by atoms with E-state index < -0.39 is 32.9 Å². The predicted molar refractivity (Wildman–Crippen MR) is 72.9 cm³/mol. The van der Waals surface area contributed by atoms with Crippen LogP contribution in [-0.2, 0) is 16.0 Å². The first kappa shape index (κ1) is 16.3. The van der Waals surface area contributed by atoms with Gasteiger partial charge in [-0.25, -0.2) is 8.42 Å². The minimum Gasteiger partial charge on any atom is -0.271 e. The third-order valence-corrected chi connectivity index (χ3v) is 6.07. The zero-order chi connectivity index (χ0) is 15.7. The molecule has 1 aromatic carbocycles. The van der Waals surface area contributed by atoms with Gasteiger partial charge >= 0.3 is 6.18 Å². The standard InChI is InChI=1S/C13H17F3N2O2S/c14-13(15,16)10-6-2-1-5-9(10)12(18-17)11-7-3-4-8-21(11,19)20/h1-2,5-6,11-12,18H,3-4,7-8,17H2. The number of hydrazine groups is 1. The van der Waals surface area contributed by atoms with Crippen molar-refractivity contribution in [2.45, 2.75) is 36.7 Å². The van der Waals surface area contributed by atoms with Gasteiger partial charge < -0.3 is 0 Å². The molecule has 2 unspecified atom stereocenters. The predicted octanol–water partition coefficient (Wildman–Crippen LogP) is 2.18. The third-order valence-electron chi connectivity index (χ3n) is 3.78. The van der Waals surface area contributed by atoms with E-state index in [4.69, 9.17) is 5.84 Å². The van der Waals surface area contributed by atoms with Gasteiger partial charge in [-0.3, -0.25) is 11.3 Å². The van der Waals surface area contributed by atoms with Gasteiger partial charge in [-0.15, -0.1) is 0 Å². The van der Waals surface area contributed by atoms with Crippen molar-refractivity contribution in [1.82, 2.24) is 5.43 Å². The molecule has 118 valence electrons. The van der Waals surface area contributed by atoms with Gasteiger partial charge in [-0.1, -0.05) is 24.6 Å². The number of alkyl halides is 3. The lowest BCUT2D eigenvalue weighted by Gasteiger charge is -2.31. The molecule has 1 aromatic rings. The zero-order valence-corrected chi connectivity index (χ0v) is 12.0. The van der Waals surface area contributed by atoms with Crippen molar-refractivity contribution in [2.75, 3.05) is 5.75 Å². The topological polar surface area (TPSA) is 72.2 Å². The van der Waals surface area contributed by atoms with Crippen molar-refractivity contribution < 1.29 is 21.6 Å². The minimum atomic E-state index is -4.55. The summed E-state index contributed by atoms with van der Waals surface area (Å²) >= 11 is 0. The Labute approximate surface area is 121 Å². The number of nitrogens with one attached hydrogen (secondary N) is 1. The summed E-state index contributed by atoms with van der Waals surface area (Å²) in [6.07, 6.45) is -3.04. The number of sulfone groups is 1. The fourth-order valence-corrected chi connectivity index (χ4v) is 4.85. The van der Waals surface area contributed by atoms with E-state index in [1.165, 1.54) is 18.2 Å². The second-order valence-corrected chi connectivity index (χ2v) is 7.47. The molecule has 1 fully saturated rings. The maximum absolute atomic E-state index is 13.1. The molecule has 0 amide bonds. The Hall–Kier alpha value is -1.12. The molecule has 1 aliphatic heterocycles. The molecular weight excluding hydrogens is 305 g/mol. The maximum Gasteiger partial charge on any atom is 0.416 e. The van der Waals surface area contributed by atoms with E-state index >= 15 is 0 Å². The van der Waals surface area contributed by atoms with Crippen LogP contribution >= 0.6 is 0 Å². The molecule has 0 radical (unpaired) electrons. The molecule has 2 rings (SSSR count). The lowest BCUT2D eigenvalue weighted by atomic mass is 9.95. The van der Waals surface area contributed by atoms with Crippen molar-refractivity contribution in [2.24, 2.45) is 5.84 Å². The second kappa shape index (κ2) is 5.94. The van der Waals surface area contributed by atoms with Gasteiger partial charge in [0.15, 0.2) is 9.84 Å². The SMILES string of the molecule is NNC(c1ccccc1C(F)(F)F)C1CCCCS1(=O)=O. The largest absolute Gasteiger partial charge is 0.416 e. The summed E-state index contributed by atoms with van der Waals surface area (Å²) in [6, 6.07) is 3.87. The molecule has 8 heteroatoms. The van der Waals surface area contributed by atoms with Crippen molar-refractivity contribution in [3.8, 4) is 0 Å². The fraction of sp³-hybridized carbons (Fsp3) is 0.538. The van der Waals surface area contributed by atoms with Gasteiger partial charge in [0.1, 0.15) is 0 Å². The van der Waals surface area contributed by atoms with Crippen LogP contribution in [0.2, 0.25) is 0 Å². The van der Waals surface area contributed by atoms with Gasteiger partial charge in [0.25, 0.3) is 0 Å². The molecule has 21 heavy (non-hydrogen) atoms. The van der Waals surface area contributed by atoms with Crippen LogP contribution < -0.4 is 11.3 Å². The molecule has 0 aromatic heterocycles. The Balaban J connectivity index is 2.47. The van der Waals surface area contributed by atoms with E-state index in [1.807, 2.05) is 0 Å². The number of hydrogen-bond acceptors (Lipinski definition) is 4. The lowest BCUT2D eigenvalue weighted by Crippen LogP contribution is -2.44. The zero-order valence-electron chi connectivity index (χ0n) is 11.2. The molecular formula is C13H17F3N2O2S. The monoisotopic (exact) mass is 322 g/mol. The Kier molecular flexibility index (Phi) is 4.60. The van der Waals surface area contributed by atoms with Crippen LogP contribution in [0.15, 0.2) is 24.3 Å². The van der Waals surface area contributed by atoms with E-state index in [0.29, 0.717) is 19.3 Å².